The van der Waals surface area contributed by atoms with Crippen molar-refractivity contribution < 1.29 is 38.6 Å². The van der Waals surface area contributed by atoms with Crippen LogP contribution in [0.1, 0.15) is 44.3 Å². The highest BCUT2D eigenvalue weighted by Gasteiger charge is 2.55. The van der Waals surface area contributed by atoms with E-state index >= 15 is 0 Å². The molecule has 0 aliphatic carbocycles. The lowest BCUT2D eigenvalue weighted by Gasteiger charge is -2.49. The van der Waals surface area contributed by atoms with Gasteiger partial charge in [-0.3, -0.25) is 14.5 Å². The van der Waals surface area contributed by atoms with Gasteiger partial charge in [-0.25, -0.2) is 14.6 Å². The van der Waals surface area contributed by atoms with E-state index in [2.05, 4.69) is 25.7 Å². The smallest absolute Gasteiger partial charge is 0.431 e. The van der Waals surface area contributed by atoms with E-state index in [4.69, 9.17) is 19.9 Å². The first kappa shape index (κ1) is 35.4. The van der Waals surface area contributed by atoms with Crippen LogP contribution in [0.4, 0.5) is 9.93 Å². The standard InChI is InChI=1S/C24H29N7O8S4.ClH/c1-5-13(6-2)39-24(35)38-11(4)37-21(34)17-12(8-42-23-29-28-10(3)43-23)7-40-20-16(19(33)31(17)20)27-18(32)15(30-36)14-9-41-22(25)26-14;/h9,11,13,16,20,36H,5-8H2,1-4H3,(H2,25,26)(H,27,32);1H/b30-15-;/t11?,16-,20+;/m1./s1. The van der Waals surface area contributed by atoms with E-state index < -0.39 is 47.4 Å². The molecule has 240 valence electrons. The quantitative estimate of drug-likeness (QED) is 0.0551. The summed E-state index contributed by atoms with van der Waals surface area (Å²) in [6.07, 6.45) is -1.43. The molecule has 15 nitrogen and oxygen atoms in total. The van der Waals surface area contributed by atoms with Crippen molar-refractivity contribution in [1.82, 2.24) is 25.4 Å². The van der Waals surface area contributed by atoms with E-state index in [1.54, 1.807) is 0 Å². The number of anilines is 1. The molecule has 0 saturated carbocycles. The lowest BCUT2D eigenvalue weighted by molar-refractivity contribution is -0.169. The third kappa shape index (κ3) is 8.12. The van der Waals surface area contributed by atoms with E-state index in [-0.39, 0.29) is 35.0 Å². The number of nitrogens with two attached hydrogens (primary N) is 1. The maximum absolute atomic E-state index is 13.4. The Morgan fingerprint density at radius 1 is 1.25 bits per heavy atom. The fourth-order valence-electron chi connectivity index (χ4n) is 4.07. The van der Waals surface area contributed by atoms with Crippen molar-refractivity contribution >= 4 is 93.4 Å². The van der Waals surface area contributed by atoms with Gasteiger partial charge in [-0.15, -0.1) is 45.7 Å². The normalized spacial score (nSPS) is 18.6. The number of thiazole rings is 1. The highest BCUT2D eigenvalue weighted by molar-refractivity contribution is 8.01. The van der Waals surface area contributed by atoms with Crippen LogP contribution in [0.3, 0.4) is 0 Å². The zero-order chi connectivity index (χ0) is 31.3. The van der Waals surface area contributed by atoms with Gasteiger partial charge in [0.25, 0.3) is 11.8 Å². The molecule has 0 bridgehead atoms. The molecular formula is C24H30ClN7O8S4. The fraction of sp³-hybridized carbons (Fsp3) is 0.500. The average molecular weight is 708 g/mol. The molecular weight excluding hydrogens is 678 g/mol. The summed E-state index contributed by atoms with van der Waals surface area (Å²) in [6, 6.07) is -1.03. The number of ether oxygens (including phenoxy) is 3. The number of hydrogen-bond donors (Lipinski definition) is 3. The minimum atomic E-state index is -1.31. The SMILES string of the molecule is CCC(CC)OC(=O)OC(C)OC(=O)C1=C(CSc2nnc(C)s2)CS[C@H]2[C@H](NC(=O)/C(=N\O)c3csc(N)n3)C(=O)N12.Cl. The highest BCUT2D eigenvalue weighted by Crippen LogP contribution is 2.42. The van der Waals surface area contributed by atoms with Gasteiger partial charge >= 0.3 is 12.1 Å². The third-order valence-corrected chi connectivity index (χ3v) is 10.3. The summed E-state index contributed by atoms with van der Waals surface area (Å²) in [7, 11) is 0. The van der Waals surface area contributed by atoms with Crippen molar-refractivity contribution in [3.05, 3.63) is 27.4 Å². The maximum Gasteiger partial charge on any atom is 0.511 e. The summed E-state index contributed by atoms with van der Waals surface area (Å²) < 4.78 is 16.4. The van der Waals surface area contributed by atoms with Crippen LogP contribution in [-0.2, 0) is 28.6 Å². The predicted octanol–water partition coefficient (Wildman–Crippen LogP) is 3.16. The van der Waals surface area contributed by atoms with Crippen molar-refractivity contribution in [2.24, 2.45) is 5.16 Å². The van der Waals surface area contributed by atoms with E-state index in [0.29, 0.717) is 34.3 Å². The van der Waals surface area contributed by atoms with Crippen LogP contribution in [0, 0.1) is 6.92 Å². The number of β-lactam (4-membered cyclic amide) rings is 1. The number of aryl methyl sites for hydroxylation is 1. The summed E-state index contributed by atoms with van der Waals surface area (Å²) in [5.74, 6) is -1.68. The van der Waals surface area contributed by atoms with Crippen molar-refractivity contribution in [3.63, 3.8) is 0 Å². The van der Waals surface area contributed by atoms with Crippen LogP contribution in [0.15, 0.2) is 26.1 Å². The molecule has 4 rings (SSSR count). The number of esters is 1. The zero-order valence-corrected chi connectivity index (χ0v) is 28.0. The Morgan fingerprint density at radius 2 is 1.98 bits per heavy atom. The minimum Gasteiger partial charge on any atom is -0.431 e. The summed E-state index contributed by atoms with van der Waals surface area (Å²) in [5, 5.41) is 24.8. The molecule has 2 aliphatic heterocycles. The van der Waals surface area contributed by atoms with E-state index in [1.807, 2.05) is 20.8 Å². The van der Waals surface area contributed by atoms with Gasteiger partial charge in [0.1, 0.15) is 33.9 Å². The minimum absolute atomic E-state index is 0. The van der Waals surface area contributed by atoms with Crippen LogP contribution in [0.25, 0.3) is 0 Å². The van der Waals surface area contributed by atoms with Crippen LogP contribution in [0.2, 0.25) is 0 Å². The molecule has 1 fully saturated rings. The molecule has 0 spiro atoms. The molecule has 0 aromatic carbocycles. The Labute approximate surface area is 274 Å². The van der Waals surface area contributed by atoms with Gasteiger partial charge in [0.2, 0.25) is 6.29 Å². The van der Waals surface area contributed by atoms with E-state index in [9.17, 15) is 24.4 Å². The molecule has 20 heteroatoms. The number of nitrogens with one attached hydrogen (secondary N) is 1. The molecule has 2 aromatic rings. The number of carbonyl (C=O) groups excluding carboxylic acids is 4. The molecule has 1 unspecified atom stereocenters. The molecule has 0 radical (unpaired) electrons. The summed E-state index contributed by atoms with van der Waals surface area (Å²) in [5.41, 5.74) is 5.83. The number of thioether (sulfide) groups is 2. The van der Waals surface area contributed by atoms with Gasteiger partial charge < -0.3 is 30.5 Å². The largest absolute Gasteiger partial charge is 0.511 e. The lowest BCUT2D eigenvalue weighted by Crippen LogP contribution is -2.71. The third-order valence-electron chi connectivity index (χ3n) is 6.19. The number of nitrogen functional groups attached to an aromatic ring is 1. The first-order valence-electron chi connectivity index (χ1n) is 13.0. The van der Waals surface area contributed by atoms with Gasteiger partial charge in [-0.2, -0.15) is 0 Å². The van der Waals surface area contributed by atoms with Crippen LogP contribution in [-0.4, -0.2) is 90.3 Å². The molecule has 2 amide bonds. The Hall–Kier alpha value is -3.13. The number of carbonyl (C=O) groups is 4. The molecule has 2 aliphatic rings. The zero-order valence-electron chi connectivity index (χ0n) is 23.9. The fourth-order valence-corrected chi connectivity index (χ4v) is 7.92. The molecule has 3 atom stereocenters. The van der Waals surface area contributed by atoms with Crippen LogP contribution < -0.4 is 11.1 Å². The number of aromatic nitrogens is 3. The first-order chi connectivity index (χ1) is 20.6. The van der Waals surface area contributed by atoms with Gasteiger partial charge in [-0.05, 0) is 25.3 Å². The monoisotopic (exact) mass is 707 g/mol. The molecule has 4 N–H and O–H groups in total. The maximum atomic E-state index is 13.4. The second-order valence-corrected chi connectivity index (χ2v) is 13.5. The number of rotatable bonds is 12. The van der Waals surface area contributed by atoms with E-state index in [1.165, 1.54) is 52.1 Å². The number of fused-ring (bicyclic) bond motifs is 1. The Morgan fingerprint density at radius 3 is 2.57 bits per heavy atom. The van der Waals surface area contributed by atoms with Gasteiger partial charge in [-0.1, -0.05) is 42.1 Å². The second kappa shape index (κ2) is 15.7. The van der Waals surface area contributed by atoms with E-state index in [0.717, 1.165) is 16.3 Å². The summed E-state index contributed by atoms with van der Waals surface area (Å²) in [4.78, 5) is 57.0. The van der Waals surface area contributed by atoms with Crippen molar-refractivity contribution in [3.8, 4) is 0 Å². The van der Waals surface area contributed by atoms with Crippen molar-refractivity contribution in [1.29, 1.82) is 0 Å². The second-order valence-electron chi connectivity index (χ2n) is 9.11. The molecule has 44 heavy (non-hydrogen) atoms. The lowest BCUT2D eigenvalue weighted by atomic mass is 10.0. The first-order valence-corrected chi connectivity index (χ1v) is 16.7. The average Bonchev–Trinajstić information content (AvgIpc) is 3.60. The van der Waals surface area contributed by atoms with Gasteiger partial charge in [0.15, 0.2) is 15.2 Å². The number of nitrogens with zero attached hydrogens (tertiary/aromatic N) is 5. The van der Waals surface area contributed by atoms with Gasteiger partial charge in [0.05, 0.1) is 0 Å². The highest BCUT2D eigenvalue weighted by atomic mass is 35.5. The number of hydrogen-bond acceptors (Lipinski definition) is 17. The molecule has 4 heterocycles. The number of amides is 2. The molecule has 2 aromatic heterocycles. The summed E-state index contributed by atoms with van der Waals surface area (Å²) in [6.45, 7) is 6.92. The van der Waals surface area contributed by atoms with Gasteiger partial charge in [0, 0.05) is 23.8 Å². The van der Waals surface area contributed by atoms with Crippen LogP contribution in [0.5, 0.6) is 0 Å². The topological polar surface area (TPSA) is 209 Å². The Kier molecular flexibility index (Phi) is 12.6. The summed E-state index contributed by atoms with van der Waals surface area (Å²) >= 11 is 5.13. The Bertz CT molecular complexity index is 1450. The molecule has 1 saturated heterocycles. The van der Waals surface area contributed by atoms with Crippen LogP contribution >= 0.6 is 58.6 Å². The van der Waals surface area contributed by atoms with Crippen molar-refractivity contribution in [2.45, 2.75) is 68.7 Å². The Balaban J connectivity index is 0.00000529. The predicted molar refractivity (Wildman–Crippen MR) is 167 cm³/mol. The number of halogens is 1. The van der Waals surface area contributed by atoms with Crippen molar-refractivity contribution in [2.75, 3.05) is 17.2 Å². The number of oxime groups is 1.